The molecule has 2 rings (SSSR count). The van der Waals surface area contributed by atoms with Crippen LogP contribution in [0.1, 0.15) is 18.9 Å². The second-order valence-corrected chi connectivity index (χ2v) is 7.19. The number of para-hydroxylation sites is 1. The van der Waals surface area contributed by atoms with Crippen molar-refractivity contribution in [3.05, 3.63) is 36.0 Å². The SMILES string of the molecule is CC(N)C(=O)NC(CC(=O)O)C(=O)NCC(=O)NC(Cc1c[nH]c2ccccc12)C(=O)O. The van der Waals surface area contributed by atoms with Crippen LogP contribution in [0, 0.1) is 0 Å². The molecule has 0 aliphatic carbocycles. The number of benzene rings is 1. The summed E-state index contributed by atoms with van der Waals surface area (Å²) in [6.45, 7) is 0.749. The number of amides is 3. The molecule has 12 nitrogen and oxygen atoms in total. The number of aromatic nitrogens is 1. The summed E-state index contributed by atoms with van der Waals surface area (Å²) in [5, 5.41) is 25.9. The average Bonchev–Trinajstić information content (AvgIpc) is 3.13. The lowest BCUT2D eigenvalue weighted by Crippen LogP contribution is -2.53. The maximum atomic E-state index is 12.2. The fraction of sp³-hybridized carbons (Fsp3) is 0.350. The highest BCUT2D eigenvalue weighted by atomic mass is 16.4. The minimum atomic E-state index is -1.44. The van der Waals surface area contributed by atoms with Crippen molar-refractivity contribution in [2.75, 3.05) is 6.54 Å². The predicted octanol–water partition coefficient (Wildman–Crippen LogP) is -1.30. The van der Waals surface area contributed by atoms with Crippen LogP contribution in [0.2, 0.25) is 0 Å². The van der Waals surface area contributed by atoms with E-state index in [1.807, 2.05) is 18.2 Å². The third kappa shape index (κ3) is 6.80. The number of hydrogen-bond acceptors (Lipinski definition) is 6. The molecule has 8 N–H and O–H groups in total. The second kappa shape index (κ2) is 10.9. The summed E-state index contributed by atoms with van der Waals surface area (Å²) in [4.78, 5) is 61.7. The summed E-state index contributed by atoms with van der Waals surface area (Å²) in [5.74, 6) is -5.05. The zero-order valence-electron chi connectivity index (χ0n) is 17.3. The number of rotatable bonds is 11. The van der Waals surface area contributed by atoms with Gasteiger partial charge in [0.25, 0.3) is 0 Å². The fourth-order valence-electron chi connectivity index (χ4n) is 2.94. The quantitative estimate of drug-likeness (QED) is 0.220. The van der Waals surface area contributed by atoms with Crippen LogP contribution in [0.3, 0.4) is 0 Å². The molecule has 0 spiro atoms. The molecule has 0 saturated carbocycles. The molecule has 1 heterocycles. The Morgan fingerprint density at radius 1 is 1.03 bits per heavy atom. The van der Waals surface area contributed by atoms with Crippen LogP contribution in [-0.4, -0.2) is 69.5 Å². The van der Waals surface area contributed by atoms with Crippen LogP contribution in [0.25, 0.3) is 10.9 Å². The van der Waals surface area contributed by atoms with E-state index >= 15 is 0 Å². The van der Waals surface area contributed by atoms with Crippen molar-refractivity contribution in [2.45, 2.75) is 37.9 Å². The van der Waals surface area contributed by atoms with Gasteiger partial charge in [-0.1, -0.05) is 18.2 Å². The number of carbonyl (C=O) groups excluding carboxylic acids is 3. The first-order valence-corrected chi connectivity index (χ1v) is 9.71. The Labute approximate surface area is 182 Å². The van der Waals surface area contributed by atoms with E-state index in [1.165, 1.54) is 6.92 Å². The molecule has 32 heavy (non-hydrogen) atoms. The van der Waals surface area contributed by atoms with Gasteiger partial charge in [0.05, 0.1) is 19.0 Å². The molecule has 0 bridgehead atoms. The fourth-order valence-corrected chi connectivity index (χ4v) is 2.94. The third-order valence-corrected chi connectivity index (χ3v) is 4.58. The lowest BCUT2D eigenvalue weighted by atomic mass is 10.0. The lowest BCUT2D eigenvalue weighted by Gasteiger charge is -2.19. The van der Waals surface area contributed by atoms with E-state index in [0.29, 0.717) is 5.56 Å². The molecule has 12 heteroatoms. The molecule has 1 aromatic carbocycles. The maximum Gasteiger partial charge on any atom is 0.326 e. The van der Waals surface area contributed by atoms with Gasteiger partial charge in [-0.25, -0.2) is 4.79 Å². The van der Waals surface area contributed by atoms with Crippen molar-refractivity contribution < 1.29 is 34.2 Å². The Morgan fingerprint density at radius 2 is 1.72 bits per heavy atom. The first-order valence-electron chi connectivity index (χ1n) is 9.71. The van der Waals surface area contributed by atoms with Crippen LogP contribution in [0.15, 0.2) is 30.5 Å². The lowest BCUT2D eigenvalue weighted by molar-refractivity contribution is -0.142. The van der Waals surface area contributed by atoms with Crippen molar-refractivity contribution in [1.82, 2.24) is 20.9 Å². The summed E-state index contributed by atoms with van der Waals surface area (Å²) in [7, 11) is 0. The number of H-pyrrole nitrogens is 1. The molecular weight excluding hydrogens is 422 g/mol. The number of nitrogens with two attached hydrogens (primary N) is 1. The highest BCUT2D eigenvalue weighted by Crippen LogP contribution is 2.19. The predicted molar refractivity (Wildman–Crippen MR) is 112 cm³/mol. The van der Waals surface area contributed by atoms with Crippen LogP contribution in [0.5, 0.6) is 0 Å². The van der Waals surface area contributed by atoms with Crippen molar-refractivity contribution in [3.63, 3.8) is 0 Å². The standard InChI is InChI=1S/C20H25N5O7/c1-10(21)18(29)25-14(7-17(27)28)19(30)23-9-16(26)24-15(20(31)32)6-11-8-22-13-5-3-2-4-12(11)13/h2-5,8,10,14-15,22H,6-7,9,21H2,1H3,(H,23,30)(H,24,26)(H,25,29)(H,27,28)(H,31,32). The van der Waals surface area contributed by atoms with Gasteiger partial charge >= 0.3 is 11.9 Å². The number of carboxylic acid groups (broad SMARTS) is 2. The van der Waals surface area contributed by atoms with Crippen molar-refractivity contribution in [3.8, 4) is 0 Å². The van der Waals surface area contributed by atoms with Crippen LogP contribution in [-0.2, 0) is 30.4 Å². The molecule has 3 atom stereocenters. The van der Waals surface area contributed by atoms with Crippen molar-refractivity contribution in [1.29, 1.82) is 0 Å². The van der Waals surface area contributed by atoms with E-state index in [2.05, 4.69) is 20.9 Å². The monoisotopic (exact) mass is 447 g/mol. The van der Waals surface area contributed by atoms with Gasteiger partial charge in [-0.05, 0) is 18.6 Å². The Morgan fingerprint density at radius 3 is 2.34 bits per heavy atom. The zero-order chi connectivity index (χ0) is 23.8. The Balaban J connectivity index is 1.97. The number of aliphatic carboxylic acids is 2. The van der Waals surface area contributed by atoms with Crippen molar-refractivity contribution in [2.24, 2.45) is 5.73 Å². The molecule has 0 aliphatic rings. The summed E-state index contributed by atoms with van der Waals surface area (Å²) < 4.78 is 0. The van der Waals surface area contributed by atoms with Crippen LogP contribution in [0.4, 0.5) is 0 Å². The smallest absolute Gasteiger partial charge is 0.326 e. The summed E-state index contributed by atoms with van der Waals surface area (Å²) in [6, 6.07) is 3.62. The minimum Gasteiger partial charge on any atom is -0.481 e. The van der Waals surface area contributed by atoms with Gasteiger partial charge in [0, 0.05) is 23.5 Å². The number of nitrogens with one attached hydrogen (secondary N) is 4. The number of fused-ring (bicyclic) bond motifs is 1. The van der Waals surface area contributed by atoms with E-state index < -0.39 is 60.8 Å². The number of hydrogen-bond donors (Lipinski definition) is 7. The number of carbonyl (C=O) groups is 5. The Kier molecular flexibility index (Phi) is 8.30. The second-order valence-electron chi connectivity index (χ2n) is 7.19. The zero-order valence-corrected chi connectivity index (χ0v) is 17.3. The highest BCUT2D eigenvalue weighted by molar-refractivity contribution is 5.94. The largest absolute Gasteiger partial charge is 0.481 e. The van der Waals surface area contributed by atoms with Gasteiger partial charge in [0.2, 0.25) is 17.7 Å². The molecule has 3 amide bonds. The van der Waals surface area contributed by atoms with E-state index in [4.69, 9.17) is 10.8 Å². The first kappa shape index (κ1) is 24.3. The van der Waals surface area contributed by atoms with Gasteiger partial charge in [-0.15, -0.1) is 0 Å². The molecule has 172 valence electrons. The summed E-state index contributed by atoms with van der Waals surface area (Å²) in [5.41, 5.74) is 6.91. The van der Waals surface area contributed by atoms with Gasteiger partial charge in [-0.3, -0.25) is 19.2 Å². The normalized spacial score (nSPS) is 13.6. The van der Waals surface area contributed by atoms with E-state index in [0.717, 1.165) is 10.9 Å². The van der Waals surface area contributed by atoms with Crippen LogP contribution >= 0.6 is 0 Å². The number of carboxylic acids is 2. The molecule has 2 aromatic rings. The average molecular weight is 447 g/mol. The van der Waals surface area contributed by atoms with Gasteiger partial charge < -0.3 is 36.9 Å². The maximum absolute atomic E-state index is 12.2. The van der Waals surface area contributed by atoms with Crippen molar-refractivity contribution >= 4 is 40.6 Å². The molecule has 3 unspecified atom stereocenters. The summed E-state index contributed by atoms with van der Waals surface area (Å²) in [6.07, 6.45) is 0.946. The summed E-state index contributed by atoms with van der Waals surface area (Å²) >= 11 is 0. The third-order valence-electron chi connectivity index (χ3n) is 4.58. The number of aromatic amines is 1. The van der Waals surface area contributed by atoms with Crippen LogP contribution < -0.4 is 21.7 Å². The molecule has 0 fully saturated rings. The first-order chi connectivity index (χ1) is 15.1. The van der Waals surface area contributed by atoms with Gasteiger partial charge in [0.15, 0.2) is 0 Å². The molecule has 0 aliphatic heterocycles. The Hall–Kier alpha value is -3.93. The molecule has 0 radical (unpaired) electrons. The molecular formula is C20H25N5O7. The van der Waals surface area contributed by atoms with Gasteiger partial charge in [-0.2, -0.15) is 0 Å². The topological polar surface area (TPSA) is 204 Å². The van der Waals surface area contributed by atoms with E-state index in [9.17, 15) is 29.1 Å². The minimum absolute atomic E-state index is 0.00508. The Bertz CT molecular complexity index is 1020. The van der Waals surface area contributed by atoms with Gasteiger partial charge in [0.1, 0.15) is 12.1 Å². The van der Waals surface area contributed by atoms with E-state index in [1.54, 1.807) is 12.3 Å². The highest BCUT2D eigenvalue weighted by Gasteiger charge is 2.26. The van der Waals surface area contributed by atoms with E-state index in [-0.39, 0.29) is 6.42 Å². The molecule has 1 aromatic heterocycles. The molecule has 0 saturated heterocycles.